The highest BCUT2D eigenvalue weighted by molar-refractivity contribution is 5.99. The van der Waals surface area contributed by atoms with Gasteiger partial charge in [0.15, 0.2) is 12.2 Å². The van der Waals surface area contributed by atoms with Crippen LogP contribution in [0.1, 0.15) is 13.8 Å². The summed E-state index contributed by atoms with van der Waals surface area (Å²) in [5, 5.41) is 2.80. The first-order valence-corrected chi connectivity index (χ1v) is 5.60. The van der Waals surface area contributed by atoms with Crippen LogP contribution in [0.4, 0.5) is 5.69 Å². The number of carbonyl (C=O) groups is 1. The van der Waals surface area contributed by atoms with Crippen LogP contribution in [0.3, 0.4) is 0 Å². The minimum absolute atomic E-state index is 0.135. The van der Waals surface area contributed by atoms with Crippen LogP contribution in [0.2, 0.25) is 0 Å². The fourth-order valence-corrected chi connectivity index (χ4v) is 1.55. The van der Waals surface area contributed by atoms with E-state index in [1.807, 2.05) is 38.1 Å². The molecule has 0 aliphatic heterocycles. The second-order valence-electron chi connectivity index (χ2n) is 4.16. The second-order valence-corrected chi connectivity index (χ2v) is 4.16. The van der Waals surface area contributed by atoms with E-state index in [1.165, 1.54) is 6.39 Å². The molecule has 18 heavy (non-hydrogen) atoms. The fourth-order valence-electron chi connectivity index (χ4n) is 1.55. The number of aromatic nitrogens is 1. The molecule has 0 atom stereocenters. The molecule has 2 aromatic rings. The van der Waals surface area contributed by atoms with Gasteiger partial charge in [0.25, 0.3) is 0 Å². The number of hydrogen-bond donors (Lipinski definition) is 1. The topological polar surface area (TPSA) is 55.1 Å². The molecule has 1 aromatic heterocycles. The van der Waals surface area contributed by atoms with Crippen molar-refractivity contribution in [1.82, 2.24) is 4.98 Å². The van der Waals surface area contributed by atoms with E-state index in [1.54, 1.807) is 12.3 Å². The monoisotopic (exact) mass is 242 g/mol. The second kappa shape index (κ2) is 5.31. The fraction of sp³-hybridized carbons (Fsp3) is 0.143. The van der Waals surface area contributed by atoms with Gasteiger partial charge in [-0.15, -0.1) is 0 Å². The molecule has 0 bridgehead atoms. The zero-order chi connectivity index (χ0) is 13.0. The summed E-state index contributed by atoms with van der Waals surface area (Å²) in [5.41, 5.74) is 2.56. The molecular weight excluding hydrogens is 228 g/mol. The Morgan fingerprint density at radius 1 is 1.39 bits per heavy atom. The summed E-state index contributed by atoms with van der Waals surface area (Å²) in [5.74, 6) is 0.540. The van der Waals surface area contributed by atoms with Crippen molar-refractivity contribution in [3.8, 4) is 11.3 Å². The van der Waals surface area contributed by atoms with Gasteiger partial charge in [-0.1, -0.05) is 17.7 Å². The summed E-state index contributed by atoms with van der Waals surface area (Å²) in [4.78, 5) is 15.5. The summed E-state index contributed by atoms with van der Waals surface area (Å²) in [6, 6.07) is 7.43. The Hall–Kier alpha value is -2.36. The van der Waals surface area contributed by atoms with Crippen molar-refractivity contribution in [2.24, 2.45) is 0 Å². The first-order valence-electron chi connectivity index (χ1n) is 5.60. The Bertz CT molecular complexity index is 567. The van der Waals surface area contributed by atoms with Crippen LogP contribution in [0.25, 0.3) is 11.3 Å². The highest BCUT2D eigenvalue weighted by Gasteiger charge is 2.03. The molecule has 1 amide bonds. The van der Waals surface area contributed by atoms with Gasteiger partial charge in [-0.25, -0.2) is 4.98 Å². The molecule has 4 nitrogen and oxygen atoms in total. The van der Waals surface area contributed by atoms with Gasteiger partial charge in [-0.2, -0.15) is 0 Å². The van der Waals surface area contributed by atoms with Crippen molar-refractivity contribution in [2.75, 3.05) is 5.32 Å². The third kappa shape index (κ3) is 3.07. The lowest BCUT2D eigenvalue weighted by Crippen LogP contribution is -2.08. The maximum atomic E-state index is 11.6. The lowest BCUT2D eigenvalue weighted by molar-refractivity contribution is -0.111. The number of nitrogens with one attached hydrogen (secondary N) is 1. The minimum atomic E-state index is -0.135. The smallest absolute Gasteiger partial charge is 0.248 e. The largest absolute Gasteiger partial charge is 0.444 e. The zero-order valence-electron chi connectivity index (χ0n) is 10.3. The Kier molecular flexibility index (Phi) is 3.57. The van der Waals surface area contributed by atoms with Crippen LogP contribution in [-0.2, 0) is 4.79 Å². The lowest BCUT2D eigenvalue weighted by atomic mass is 10.1. The number of benzene rings is 1. The summed E-state index contributed by atoms with van der Waals surface area (Å²) in [6.07, 6.45) is 4.57. The molecule has 0 radical (unpaired) electrons. The summed E-state index contributed by atoms with van der Waals surface area (Å²) < 4.78 is 5.21. The van der Waals surface area contributed by atoms with E-state index in [0.29, 0.717) is 5.76 Å². The van der Waals surface area contributed by atoms with Crippen LogP contribution in [-0.4, -0.2) is 10.9 Å². The zero-order valence-corrected chi connectivity index (χ0v) is 10.3. The van der Waals surface area contributed by atoms with Crippen LogP contribution in [0, 0.1) is 0 Å². The third-order valence-corrected chi connectivity index (χ3v) is 2.27. The molecule has 0 aliphatic carbocycles. The van der Waals surface area contributed by atoms with Crippen LogP contribution in [0.15, 0.2) is 52.9 Å². The molecule has 4 heteroatoms. The molecule has 1 N–H and O–H groups in total. The highest BCUT2D eigenvalue weighted by atomic mass is 16.3. The number of oxazole rings is 1. The highest BCUT2D eigenvalue weighted by Crippen LogP contribution is 2.21. The quantitative estimate of drug-likeness (QED) is 0.840. The molecule has 0 fully saturated rings. The van der Waals surface area contributed by atoms with Gasteiger partial charge >= 0.3 is 0 Å². The molecular formula is C14H14N2O2. The third-order valence-electron chi connectivity index (χ3n) is 2.27. The van der Waals surface area contributed by atoms with Crippen molar-refractivity contribution in [2.45, 2.75) is 13.8 Å². The van der Waals surface area contributed by atoms with Crippen LogP contribution in [0.5, 0.6) is 0 Å². The molecule has 0 saturated heterocycles. The molecule has 1 aromatic carbocycles. The molecule has 0 spiro atoms. The standard InChI is InChI=1S/C14H14N2O2/c1-10(2)6-14(17)16-12-5-3-4-11(7-12)13-8-15-9-18-13/h3-9H,1-2H3,(H,16,17). The number of anilines is 1. The number of carbonyl (C=O) groups excluding carboxylic acids is 1. The number of allylic oxidation sites excluding steroid dienone is 1. The van der Waals surface area contributed by atoms with E-state index in [-0.39, 0.29) is 5.91 Å². The Morgan fingerprint density at radius 3 is 2.89 bits per heavy atom. The first kappa shape index (κ1) is 12.1. The lowest BCUT2D eigenvalue weighted by Gasteiger charge is -2.04. The maximum absolute atomic E-state index is 11.6. The van der Waals surface area contributed by atoms with Crippen molar-refractivity contribution in [1.29, 1.82) is 0 Å². The molecule has 0 saturated carbocycles. The predicted molar refractivity (Wildman–Crippen MR) is 70.0 cm³/mol. The predicted octanol–water partition coefficient (Wildman–Crippen LogP) is 3.25. The van der Waals surface area contributed by atoms with E-state index >= 15 is 0 Å². The van der Waals surface area contributed by atoms with Crippen LogP contribution >= 0.6 is 0 Å². The van der Waals surface area contributed by atoms with E-state index in [2.05, 4.69) is 10.3 Å². The summed E-state index contributed by atoms with van der Waals surface area (Å²) in [6.45, 7) is 3.76. The average molecular weight is 242 g/mol. The minimum Gasteiger partial charge on any atom is -0.444 e. The number of rotatable bonds is 3. The normalized spacial score (nSPS) is 9.89. The van der Waals surface area contributed by atoms with Gasteiger partial charge in [-0.05, 0) is 26.0 Å². The average Bonchev–Trinajstić information content (AvgIpc) is 2.81. The number of nitrogens with zero attached hydrogens (tertiary/aromatic N) is 1. The summed E-state index contributed by atoms with van der Waals surface area (Å²) in [7, 11) is 0. The van der Waals surface area contributed by atoms with Crippen molar-refractivity contribution in [3.05, 3.63) is 48.5 Å². The van der Waals surface area contributed by atoms with Gasteiger partial charge in [0.2, 0.25) is 5.91 Å². The Balaban J connectivity index is 2.18. The van der Waals surface area contributed by atoms with Crippen LogP contribution < -0.4 is 5.32 Å². The Labute approximate surface area is 105 Å². The van der Waals surface area contributed by atoms with E-state index in [4.69, 9.17) is 4.42 Å². The molecule has 2 rings (SSSR count). The van der Waals surface area contributed by atoms with Gasteiger partial charge in [0.05, 0.1) is 6.20 Å². The van der Waals surface area contributed by atoms with E-state index in [0.717, 1.165) is 16.8 Å². The summed E-state index contributed by atoms with van der Waals surface area (Å²) >= 11 is 0. The van der Waals surface area contributed by atoms with E-state index in [9.17, 15) is 4.79 Å². The van der Waals surface area contributed by atoms with Gasteiger partial charge in [-0.3, -0.25) is 4.79 Å². The van der Waals surface area contributed by atoms with Gasteiger partial charge in [0.1, 0.15) is 0 Å². The first-order chi connectivity index (χ1) is 8.65. The van der Waals surface area contributed by atoms with Gasteiger partial charge < -0.3 is 9.73 Å². The molecule has 0 aliphatic rings. The van der Waals surface area contributed by atoms with Crippen molar-refractivity contribution >= 4 is 11.6 Å². The van der Waals surface area contributed by atoms with E-state index < -0.39 is 0 Å². The maximum Gasteiger partial charge on any atom is 0.248 e. The number of amides is 1. The van der Waals surface area contributed by atoms with Gasteiger partial charge in [0, 0.05) is 17.3 Å². The number of hydrogen-bond acceptors (Lipinski definition) is 3. The molecule has 1 heterocycles. The van der Waals surface area contributed by atoms with Crippen molar-refractivity contribution < 1.29 is 9.21 Å². The molecule has 0 unspecified atom stereocenters. The Morgan fingerprint density at radius 2 is 2.22 bits per heavy atom. The SMILES string of the molecule is CC(C)=CC(=O)Nc1cccc(-c2cnco2)c1. The molecule has 92 valence electrons. The van der Waals surface area contributed by atoms with Crippen molar-refractivity contribution in [3.63, 3.8) is 0 Å².